The van der Waals surface area contributed by atoms with Gasteiger partial charge in [0.15, 0.2) is 0 Å². The Hall–Kier alpha value is -0.820. The average Bonchev–Trinajstić information content (AvgIpc) is 2.45. The van der Waals surface area contributed by atoms with Crippen molar-refractivity contribution in [3.8, 4) is 0 Å². The molecule has 1 aliphatic rings. The van der Waals surface area contributed by atoms with Gasteiger partial charge in [0.2, 0.25) is 0 Å². The Morgan fingerprint density at radius 2 is 1.80 bits per heavy atom. The fourth-order valence-electron chi connectivity index (χ4n) is 3.23. The summed E-state index contributed by atoms with van der Waals surface area (Å²) in [5, 5.41) is 3.76. The first-order valence-electron chi connectivity index (χ1n) is 8.32. The minimum absolute atomic E-state index is 0.254. The maximum Gasteiger partial charge on any atom is 0.0208 e. The number of hydrogen-bond acceptors (Lipinski definition) is 1. The molecule has 112 valence electrons. The smallest absolute Gasteiger partial charge is 0.0208 e. The third kappa shape index (κ3) is 4.34. The molecule has 1 saturated carbocycles. The van der Waals surface area contributed by atoms with Crippen LogP contribution in [0.1, 0.15) is 70.9 Å². The lowest BCUT2D eigenvalue weighted by Gasteiger charge is -2.29. The number of benzene rings is 1. The largest absolute Gasteiger partial charge is 0.310 e. The van der Waals surface area contributed by atoms with Crippen LogP contribution in [0, 0.1) is 5.92 Å². The van der Waals surface area contributed by atoms with Crippen molar-refractivity contribution in [2.24, 2.45) is 5.92 Å². The first-order chi connectivity index (χ1) is 9.49. The second-order valence-corrected chi connectivity index (χ2v) is 7.47. The SMILES string of the molecule is CCC1CCCC(NCc2ccc(C(C)(C)C)cc2)C1. The quantitative estimate of drug-likeness (QED) is 0.810. The van der Waals surface area contributed by atoms with Crippen molar-refractivity contribution in [2.45, 2.75) is 77.8 Å². The van der Waals surface area contributed by atoms with Gasteiger partial charge in [-0.2, -0.15) is 0 Å². The predicted octanol–water partition coefficient (Wildman–Crippen LogP) is 5.04. The van der Waals surface area contributed by atoms with E-state index in [1.54, 1.807) is 0 Å². The zero-order valence-corrected chi connectivity index (χ0v) is 13.7. The highest BCUT2D eigenvalue weighted by atomic mass is 14.9. The van der Waals surface area contributed by atoms with E-state index < -0.39 is 0 Å². The highest BCUT2D eigenvalue weighted by molar-refractivity contribution is 5.27. The van der Waals surface area contributed by atoms with Gasteiger partial charge in [-0.25, -0.2) is 0 Å². The van der Waals surface area contributed by atoms with Crippen LogP contribution in [0.2, 0.25) is 0 Å². The van der Waals surface area contributed by atoms with Crippen LogP contribution in [-0.4, -0.2) is 6.04 Å². The molecule has 1 nitrogen and oxygen atoms in total. The molecule has 2 unspecified atom stereocenters. The van der Waals surface area contributed by atoms with E-state index >= 15 is 0 Å². The molecule has 0 saturated heterocycles. The molecule has 1 fully saturated rings. The Balaban J connectivity index is 1.85. The molecule has 1 aliphatic carbocycles. The van der Waals surface area contributed by atoms with Crippen LogP contribution >= 0.6 is 0 Å². The Kier molecular flexibility index (Phi) is 5.26. The summed E-state index contributed by atoms with van der Waals surface area (Å²) in [7, 11) is 0. The Labute approximate surface area is 125 Å². The average molecular weight is 273 g/mol. The number of hydrogen-bond donors (Lipinski definition) is 1. The second kappa shape index (κ2) is 6.76. The summed E-state index contributed by atoms with van der Waals surface area (Å²) in [4.78, 5) is 0. The maximum atomic E-state index is 3.76. The molecular formula is C19H31N. The monoisotopic (exact) mass is 273 g/mol. The molecule has 2 atom stereocenters. The summed E-state index contributed by atoms with van der Waals surface area (Å²) in [6.07, 6.45) is 6.92. The molecule has 0 heterocycles. The molecule has 1 heteroatoms. The molecule has 0 spiro atoms. The van der Waals surface area contributed by atoms with Crippen molar-refractivity contribution in [1.82, 2.24) is 5.32 Å². The van der Waals surface area contributed by atoms with Crippen molar-refractivity contribution in [3.05, 3.63) is 35.4 Å². The standard InChI is InChI=1S/C19H31N/c1-5-15-7-6-8-18(13-15)20-14-16-9-11-17(12-10-16)19(2,3)4/h9-12,15,18,20H,5-8,13-14H2,1-4H3. The molecule has 1 aromatic carbocycles. The third-order valence-corrected chi connectivity index (χ3v) is 4.77. The maximum absolute atomic E-state index is 3.76. The summed E-state index contributed by atoms with van der Waals surface area (Å²) in [6.45, 7) is 10.2. The highest BCUT2D eigenvalue weighted by Crippen LogP contribution is 2.27. The van der Waals surface area contributed by atoms with E-state index in [9.17, 15) is 0 Å². The fraction of sp³-hybridized carbons (Fsp3) is 0.684. The van der Waals surface area contributed by atoms with E-state index in [1.807, 2.05) is 0 Å². The lowest BCUT2D eigenvalue weighted by molar-refractivity contribution is 0.278. The van der Waals surface area contributed by atoms with Crippen molar-refractivity contribution in [3.63, 3.8) is 0 Å². The summed E-state index contributed by atoms with van der Waals surface area (Å²) in [5.74, 6) is 0.949. The lowest BCUT2D eigenvalue weighted by Crippen LogP contribution is -2.33. The van der Waals surface area contributed by atoms with E-state index in [1.165, 1.54) is 43.2 Å². The van der Waals surface area contributed by atoms with Gasteiger partial charge in [-0.1, -0.05) is 71.2 Å². The van der Waals surface area contributed by atoms with Gasteiger partial charge < -0.3 is 5.32 Å². The molecule has 0 bridgehead atoms. The molecule has 2 rings (SSSR count). The van der Waals surface area contributed by atoms with Crippen LogP contribution in [0.25, 0.3) is 0 Å². The van der Waals surface area contributed by atoms with Crippen LogP contribution in [0.3, 0.4) is 0 Å². The summed E-state index contributed by atoms with van der Waals surface area (Å²) >= 11 is 0. The van der Waals surface area contributed by atoms with E-state index in [4.69, 9.17) is 0 Å². The van der Waals surface area contributed by atoms with Gasteiger partial charge in [0.1, 0.15) is 0 Å². The fourth-order valence-corrected chi connectivity index (χ4v) is 3.23. The van der Waals surface area contributed by atoms with E-state index in [0.717, 1.165) is 18.5 Å². The molecule has 20 heavy (non-hydrogen) atoms. The van der Waals surface area contributed by atoms with Gasteiger partial charge in [0, 0.05) is 12.6 Å². The van der Waals surface area contributed by atoms with Gasteiger partial charge in [-0.15, -0.1) is 0 Å². The van der Waals surface area contributed by atoms with E-state index in [2.05, 4.69) is 57.3 Å². The van der Waals surface area contributed by atoms with Gasteiger partial charge in [-0.05, 0) is 35.3 Å². The van der Waals surface area contributed by atoms with Crippen molar-refractivity contribution in [2.75, 3.05) is 0 Å². The van der Waals surface area contributed by atoms with Crippen LogP contribution in [0.5, 0.6) is 0 Å². The molecule has 1 N–H and O–H groups in total. The molecule has 0 radical (unpaired) electrons. The van der Waals surface area contributed by atoms with Crippen molar-refractivity contribution < 1.29 is 0 Å². The van der Waals surface area contributed by atoms with Crippen LogP contribution in [-0.2, 0) is 12.0 Å². The van der Waals surface area contributed by atoms with E-state index in [0.29, 0.717) is 0 Å². The first-order valence-corrected chi connectivity index (χ1v) is 8.32. The molecule has 0 aromatic heterocycles. The molecular weight excluding hydrogens is 242 g/mol. The minimum Gasteiger partial charge on any atom is -0.310 e. The topological polar surface area (TPSA) is 12.0 Å². The first kappa shape index (κ1) is 15.6. The summed E-state index contributed by atoms with van der Waals surface area (Å²) in [6, 6.07) is 9.87. The van der Waals surface area contributed by atoms with Crippen LogP contribution in [0.15, 0.2) is 24.3 Å². The normalized spacial score (nSPS) is 23.8. The van der Waals surface area contributed by atoms with Crippen LogP contribution in [0.4, 0.5) is 0 Å². The lowest BCUT2D eigenvalue weighted by atomic mass is 9.84. The third-order valence-electron chi connectivity index (χ3n) is 4.77. The molecule has 1 aromatic rings. The van der Waals surface area contributed by atoms with Gasteiger partial charge in [0.05, 0.1) is 0 Å². The Bertz CT molecular complexity index is 399. The van der Waals surface area contributed by atoms with Gasteiger partial charge in [0.25, 0.3) is 0 Å². The van der Waals surface area contributed by atoms with Gasteiger partial charge >= 0.3 is 0 Å². The Morgan fingerprint density at radius 1 is 1.10 bits per heavy atom. The summed E-state index contributed by atoms with van der Waals surface area (Å²) in [5.41, 5.74) is 3.09. The van der Waals surface area contributed by atoms with Crippen molar-refractivity contribution >= 4 is 0 Å². The number of nitrogens with one attached hydrogen (secondary N) is 1. The molecule has 0 amide bonds. The van der Waals surface area contributed by atoms with Crippen LogP contribution < -0.4 is 5.32 Å². The number of rotatable bonds is 4. The summed E-state index contributed by atoms with van der Waals surface area (Å²) < 4.78 is 0. The minimum atomic E-state index is 0.254. The Morgan fingerprint density at radius 3 is 2.40 bits per heavy atom. The van der Waals surface area contributed by atoms with Gasteiger partial charge in [-0.3, -0.25) is 0 Å². The predicted molar refractivity (Wildman–Crippen MR) is 88.0 cm³/mol. The second-order valence-electron chi connectivity index (χ2n) is 7.47. The zero-order chi connectivity index (χ0) is 14.6. The van der Waals surface area contributed by atoms with E-state index in [-0.39, 0.29) is 5.41 Å². The zero-order valence-electron chi connectivity index (χ0n) is 13.7. The highest BCUT2D eigenvalue weighted by Gasteiger charge is 2.20. The van der Waals surface area contributed by atoms with Crippen molar-refractivity contribution in [1.29, 1.82) is 0 Å². The molecule has 0 aliphatic heterocycles.